The van der Waals surface area contributed by atoms with Crippen LogP contribution in [0.2, 0.25) is 0 Å². The fourth-order valence-electron chi connectivity index (χ4n) is 6.67. The van der Waals surface area contributed by atoms with E-state index in [-0.39, 0.29) is 40.9 Å². The average Bonchev–Trinajstić information content (AvgIpc) is 3.03. The molecule has 3 aliphatic heterocycles. The topological polar surface area (TPSA) is 206 Å². The molecule has 2 aliphatic carbocycles. The zero-order chi connectivity index (χ0) is 31.3. The summed E-state index contributed by atoms with van der Waals surface area (Å²) in [7, 11) is 0. The number of nitrogens with zero attached hydrogens (tertiary/aromatic N) is 3. The van der Waals surface area contributed by atoms with Gasteiger partial charge in [-0.1, -0.05) is 12.1 Å². The van der Waals surface area contributed by atoms with Gasteiger partial charge < -0.3 is 30.5 Å². The van der Waals surface area contributed by atoms with Crippen LogP contribution in [0.1, 0.15) is 87.9 Å². The highest BCUT2D eigenvalue weighted by Gasteiger charge is 2.58. The largest absolute Gasteiger partial charge is 0.444 e. The number of fused-ring (bicyclic) bond motifs is 1. The second-order valence-electron chi connectivity index (χ2n) is 14.4. The van der Waals surface area contributed by atoms with Crippen molar-refractivity contribution in [3.05, 3.63) is 35.4 Å². The first-order chi connectivity index (χ1) is 19.5. The van der Waals surface area contributed by atoms with Gasteiger partial charge in [-0.2, -0.15) is 0 Å². The van der Waals surface area contributed by atoms with E-state index in [2.05, 4.69) is 11.7 Å². The van der Waals surface area contributed by atoms with Crippen LogP contribution in [0, 0.1) is 10.8 Å². The second-order valence-corrected chi connectivity index (χ2v) is 14.4. The van der Waals surface area contributed by atoms with Crippen LogP contribution in [0.4, 0.5) is 9.59 Å². The van der Waals surface area contributed by atoms with Crippen LogP contribution in [0.25, 0.3) is 0 Å². The molecule has 2 spiro atoms. The molecule has 8 N–H and O–H groups in total. The van der Waals surface area contributed by atoms with Gasteiger partial charge in [0.15, 0.2) is 0 Å². The number of hydrogen-bond acceptors (Lipinski definition) is 9. The summed E-state index contributed by atoms with van der Waals surface area (Å²) < 4.78 is 10.7. The molecule has 6 rings (SSSR count). The minimum atomic E-state index is -0.498. The van der Waals surface area contributed by atoms with Gasteiger partial charge in [-0.15, -0.1) is 0 Å². The Morgan fingerprint density at radius 1 is 0.744 bits per heavy atom. The Morgan fingerprint density at radius 3 is 1.42 bits per heavy atom. The molecule has 0 bridgehead atoms. The molecule has 13 nitrogen and oxygen atoms in total. The van der Waals surface area contributed by atoms with E-state index in [9.17, 15) is 19.2 Å². The maximum Gasteiger partial charge on any atom is 0.410 e. The molecule has 0 atom stereocenters. The van der Waals surface area contributed by atoms with Crippen molar-refractivity contribution in [3.63, 3.8) is 0 Å². The third kappa shape index (κ3) is 7.11. The number of amides is 4. The molecule has 3 heterocycles. The first kappa shape index (κ1) is 34.2. The van der Waals surface area contributed by atoms with Crippen LogP contribution in [0.15, 0.2) is 24.3 Å². The molecule has 2 saturated heterocycles. The van der Waals surface area contributed by atoms with Crippen LogP contribution >= 0.6 is 0 Å². The summed E-state index contributed by atoms with van der Waals surface area (Å²) in [6.45, 7) is 14.2. The normalized spacial score (nSPS) is 21.5. The van der Waals surface area contributed by atoms with E-state index in [0.29, 0.717) is 35.7 Å². The summed E-state index contributed by atoms with van der Waals surface area (Å²) in [6.07, 6.45) is 3.17. The highest BCUT2D eigenvalue weighted by molar-refractivity contribution is 6.21. The lowest BCUT2D eigenvalue weighted by Gasteiger charge is -2.59. The Balaban J connectivity index is 0.000000242. The van der Waals surface area contributed by atoms with Gasteiger partial charge in [0, 0.05) is 49.1 Å². The maximum absolute atomic E-state index is 12.5. The Hall–Kier alpha value is -3.26. The standard InChI is InChI=1S/C19H22N2O4.C11H20N2O2.H4N2.H2O/c1-18(2,3)25-17(24)20-10-19(11-20)8-12(9-19)21-15(22)13-6-4-5-7-14(13)16(21)23;1-10(2,3)15-9(14)13-6-11(7-13)4-8(12)5-11;1-2;/h4-7,12H,8-11H2,1-3H3;8H,4-7,12H2,1-3H3;1-2H2;1H2. The van der Waals surface area contributed by atoms with Gasteiger partial charge in [-0.05, 0) is 79.4 Å². The van der Waals surface area contributed by atoms with Crippen LogP contribution in [-0.4, -0.2) is 93.6 Å². The van der Waals surface area contributed by atoms with Crippen LogP contribution in [0.3, 0.4) is 0 Å². The summed E-state index contributed by atoms with van der Waals surface area (Å²) in [5.74, 6) is 7.62. The van der Waals surface area contributed by atoms with E-state index in [0.717, 1.165) is 38.8 Å². The quantitative estimate of drug-likeness (QED) is 0.243. The van der Waals surface area contributed by atoms with Crippen molar-refractivity contribution in [3.8, 4) is 0 Å². The van der Waals surface area contributed by atoms with Crippen molar-refractivity contribution in [2.45, 2.75) is 90.5 Å². The molecule has 1 aromatic carbocycles. The fourth-order valence-corrected chi connectivity index (χ4v) is 6.67. The van der Waals surface area contributed by atoms with Crippen molar-refractivity contribution in [2.75, 3.05) is 26.2 Å². The Morgan fingerprint density at radius 2 is 1.09 bits per heavy atom. The molecule has 0 radical (unpaired) electrons. The van der Waals surface area contributed by atoms with Crippen molar-refractivity contribution in [1.29, 1.82) is 0 Å². The van der Waals surface area contributed by atoms with E-state index in [1.165, 1.54) is 4.90 Å². The Labute approximate surface area is 253 Å². The molecule has 240 valence electrons. The summed E-state index contributed by atoms with van der Waals surface area (Å²) in [6, 6.07) is 7.26. The predicted molar refractivity (Wildman–Crippen MR) is 160 cm³/mol. The summed E-state index contributed by atoms with van der Waals surface area (Å²) in [5, 5.41) is 0. The van der Waals surface area contributed by atoms with E-state index >= 15 is 0 Å². The van der Waals surface area contributed by atoms with Gasteiger partial charge in [-0.3, -0.25) is 26.2 Å². The summed E-state index contributed by atoms with van der Waals surface area (Å²) >= 11 is 0. The molecule has 0 aromatic heterocycles. The number of nitrogens with two attached hydrogens (primary N) is 3. The lowest BCUT2D eigenvalue weighted by atomic mass is 9.60. The lowest BCUT2D eigenvalue weighted by Crippen LogP contribution is -2.68. The van der Waals surface area contributed by atoms with Gasteiger partial charge in [0.05, 0.1) is 11.1 Å². The average molecular weight is 605 g/mol. The van der Waals surface area contributed by atoms with Gasteiger partial charge >= 0.3 is 12.2 Å². The van der Waals surface area contributed by atoms with Gasteiger partial charge in [0.25, 0.3) is 11.8 Å². The van der Waals surface area contributed by atoms with Crippen LogP contribution < -0.4 is 17.4 Å². The van der Waals surface area contributed by atoms with Gasteiger partial charge in [0.2, 0.25) is 0 Å². The lowest BCUT2D eigenvalue weighted by molar-refractivity contribution is -0.0958. The first-order valence-electron chi connectivity index (χ1n) is 14.5. The van der Waals surface area contributed by atoms with E-state index in [1.54, 1.807) is 34.1 Å². The van der Waals surface area contributed by atoms with Crippen LogP contribution in [0.5, 0.6) is 0 Å². The Kier molecular flexibility index (Phi) is 9.57. The molecule has 13 heteroatoms. The third-order valence-electron chi connectivity index (χ3n) is 8.33. The molecule has 4 fully saturated rings. The monoisotopic (exact) mass is 604 g/mol. The number of ether oxygens (including phenoxy) is 2. The zero-order valence-corrected chi connectivity index (χ0v) is 26.1. The number of imide groups is 1. The molecule has 2 saturated carbocycles. The highest BCUT2D eigenvalue weighted by Crippen LogP contribution is 2.52. The summed E-state index contributed by atoms with van der Waals surface area (Å²) in [5.41, 5.74) is 6.24. The van der Waals surface area contributed by atoms with E-state index in [4.69, 9.17) is 15.2 Å². The number of hydrazine groups is 1. The number of benzene rings is 1. The minimum Gasteiger partial charge on any atom is -0.444 e. The van der Waals surface area contributed by atoms with Crippen molar-refractivity contribution < 1.29 is 34.1 Å². The summed E-state index contributed by atoms with van der Waals surface area (Å²) in [4.78, 5) is 53.6. The number of hydrogen-bond donors (Lipinski definition) is 3. The van der Waals surface area contributed by atoms with E-state index in [1.807, 2.05) is 41.5 Å². The molecule has 4 amide bonds. The number of carbonyl (C=O) groups excluding carboxylic acids is 4. The first-order valence-corrected chi connectivity index (χ1v) is 14.5. The third-order valence-corrected chi connectivity index (χ3v) is 8.33. The smallest absolute Gasteiger partial charge is 0.410 e. The number of rotatable bonds is 1. The number of likely N-dealkylation sites (tertiary alicyclic amines) is 2. The highest BCUT2D eigenvalue weighted by atomic mass is 16.6. The number of carbonyl (C=O) groups is 4. The molecule has 43 heavy (non-hydrogen) atoms. The molecule has 0 unspecified atom stereocenters. The zero-order valence-electron chi connectivity index (χ0n) is 26.1. The van der Waals surface area contributed by atoms with Crippen LogP contribution in [-0.2, 0) is 9.47 Å². The SMILES string of the molecule is CC(C)(C)OC(=O)N1CC2(CC(N)C2)C1.CC(C)(C)OC(=O)N1CC2(CC(N3C(=O)c4ccccc4C3=O)C2)C1.NN.O. The van der Waals surface area contributed by atoms with Gasteiger partial charge in [0.1, 0.15) is 11.2 Å². The van der Waals surface area contributed by atoms with Crippen molar-refractivity contribution >= 4 is 24.0 Å². The molecular formula is C30H48N6O7. The molecule has 5 aliphatic rings. The van der Waals surface area contributed by atoms with Gasteiger partial charge in [-0.25, -0.2) is 9.59 Å². The van der Waals surface area contributed by atoms with E-state index < -0.39 is 11.2 Å². The van der Waals surface area contributed by atoms with Crippen molar-refractivity contribution in [2.24, 2.45) is 28.2 Å². The second kappa shape index (κ2) is 12.0. The van der Waals surface area contributed by atoms with Crippen molar-refractivity contribution in [1.82, 2.24) is 14.7 Å². The Bertz CT molecular complexity index is 1180. The molecule has 1 aromatic rings. The fraction of sp³-hybridized carbons (Fsp3) is 0.667. The minimum absolute atomic E-state index is 0. The predicted octanol–water partition coefficient (Wildman–Crippen LogP) is 2.02. The maximum atomic E-state index is 12.5. The molecular weight excluding hydrogens is 556 g/mol.